The molecule has 1 N–H and O–H groups in total. The number of carboxylic acids is 1. The topological polar surface area (TPSA) is 54.6 Å². The number of imidazole rings is 1. The molecule has 0 aromatic carbocycles. The summed E-state index contributed by atoms with van der Waals surface area (Å²) in [5.41, 5.74) is -2.24. The zero-order chi connectivity index (χ0) is 13.7. The van der Waals surface area contributed by atoms with E-state index in [-0.39, 0.29) is 4.60 Å². The van der Waals surface area contributed by atoms with E-state index in [2.05, 4.69) is 20.9 Å². The zero-order valence-corrected chi connectivity index (χ0v) is 10.6. The van der Waals surface area contributed by atoms with Gasteiger partial charge < -0.3 is 5.11 Å². The van der Waals surface area contributed by atoms with Crippen LogP contribution in [-0.2, 0) is 6.18 Å². The SMILES string of the molecule is O=C(O)c1nc2c(C(F)(F)F)ccc(Br)n2c1Cl. The monoisotopic (exact) mass is 342 g/mol. The third-order valence-electron chi connectivity index (χ3n) is 2.17. The van der Waals surface area contributed by atoms with Crippen LogP contribution in [0.25, 0.3) is 5.65 Å². The van der Waals surface area contributed by atoms with Gasteiger partial charge in [-0.15, -0.1) is 0 Å². The number of rotatable bonds is 1. The second-order valence-electron chi connectivity index (χ2n) is 3.28. The first-order valence-corrected chi connectivity index (χ1v) is 5.57. The minimum atomic E-state index is -4.65. The van der Waals surface area contributed by atoms with Gasteiger partial charge in [0.05, 0.1) is 10.2 Å². The molecular weight excluding hydrogens is 340 g/mol. The van der Waals surface area contributed by atoms with Gasteiger partial charge in [0, 0.05) is 0 Å². The number of halogens is 5. The van der Waals surface area contributed by atoms with Crippen LogP contribution >= 0.6 is 27.5 Å². The smallest absolute Gasteiger partial charge is 0.419 e. The Hall–Kier alpha value is -1.28. The molecule has 0 aliphatic heterocycles. The van der Waals surface area contributed by atoms with Crippen LogP contribution < -0.4 is 0 Å². The van der Waals surface area contributed by atoms with Gasteiger partial charge in [0.25, 0.3) is 0 Å². The molecule has 96 valence electrons. The van der Waals surface area contributed by atoms with E-state index >= 15 is 0 Å². The number of fused-ring (bicyclic) bond motifs is 1. The highest BCUT2D eigenvalue weighted by Gasteiger charge is 2.35. The van der Waals surface area contributed by atoms with Crippen molar-refractivity contribution in [1.82, 2.24) is 9.38 Å². The van der Waals surface area contributed by atoms with Gasteiger partial charge in [-0.25, -0.2) is 9.78 Å². The van der Waals surface area contributed by atoms with E-state index in [0.29, 0.717) is 0 Å². The van der Waals surface area contributed by atoms with Crippen LogP contribution in [0.3, 0.4) is 0 Å². The van der Waals surface area contributed by atoms with Crippen molar-refractivity contribution >= 4 is 39.1 Å². The van der Waals surface area contributed by atoms with Gasteiger partial charge in [-0.2, -0.15) is 13.2 Å². The minimum Gasteiger partial charge on any atom is -0.476 e. The Labute approximate surface area is 111 Å². The molecule has 18 heavy (non-hydrogen) atoms. The first-order chi connectivity index (χ1) is 8.23. The number of carbonyl (C=O) groups is 1. The minimum absolute atomic E-state index is 0.176. The Bertz CT molecular complexity index is 653. The molecule has 0 aliphatic carbocycles. The fraction of sp³-hybridized carbons (Fsp3) is 0.111. The maximum Gasteiger partial charge on any atom is 0.419 e. The highest BCUT2D eigenvalue weighted by atomic mass is 79.9. The molecule has 0 saturated carbocycles. The van der Waals surface area contributed by atoms with Crippen molar-refractivity contribution in [2.45, 2.75) is 6.18 Å². The van der Waals surface area contributed by atoms with E-state index in [1.165, 1.54) is 0 Å². The third-order valence-corrected chi connectivity index (χ3v) is 3.14. The molecule has 9 heteroatoms. The number of aromatic carboxylic acids is 1. The Morgan fingerprint density at radius 2 is 2.06 bits per heavy atom. The third kappa shape index (κ3) is 1.95. The molecule has 0 radical (unpaired) electrons. The van der Waals surface area contributed by atoms with Crippen LogP contribution in [0.1, 0.15) is 16.1 Å². The van der Waals surface area contributed by atoms with Gasteiger partial charge in [-0.05, 0) is 28.1 Å². The fourth-order valence-corrected chi connectivity index (χ4v) is 2.31. The van der Waals surface area contributed by atoms with Gasteiger partial charge in [-0.3, -0.25) is 4.40 Å². The normalized spacial score (nSPS) is 12.1. The number of aromatic nitrogens is 2. The quantitative estimate of drug-likeness (QED) is 0.807. The molecule has 0 spiro atoms. The number of alkyl halides is 3. The van der Waals surface area contributed by atoms with E-state index in [0.717, 1.165) is 16.5 Å². The van der Waals surface area contributed by atoms with Crippen molar-refractivity contribution in [3.63, 3.8) is 0 Å². The maximum absolute atomic E-state index is 12.7. The largest absolute Gasteiger partial charge is 0.476 e. The molecule has 0 unspecified atom stereocenters. The lowest BCUT2D eigenvalue weighted by molar-refractivity contribution is -0.136. The Kier molecular flexibility index (Phi) is 3.02. The lowest BCUT2D eigenvalue weighted by atomic mass is 10.2. The van der Waals surface area contributed by atoms with E-state index in [1.54, 1.807) is 0 Å². The molecular formula is C9H3BrClF3N2O2. The lowest BCUT2D eigenvalue weighted by Gasteiger charge is -2.08. The van der Waals surface area contributed by atoms with E-state index < -0.39 is 34.2 Å². The summed E-state index contributed by atoms with van der Waals surface area (Å²) in [6.45, 7) is 0. The van der Waals surface area contributed by atoms with Crippen LogP contribution in [0.15, 0.2) is 16.7 Å². The zero-order valence-electron chi connectivity index (χ0n) is 8.29. The highest BCUT2D eigenvalue weighted by molar-refractivity contribution is 9.10. The van der Waals surface area contributed by atoms with Crippen molar-refractivity contribution in [3.05, 3.63) is 33.1 Å². The van der Waals surface area contributed by atoms with Crippen LogP contribution in [0, 0.1) is 0 Å². The van der Waals surface area contributed by atoms with Gasteiger partial charge >= 0.3 is 12.1 Å². The summed E-state index contributed by atoms with van der Waals surface area (Å²) >= 11 is 8.69. The molecule has 0 fully saturated rings. The fourth-order valence-electron chi connectivity index (χ4n) is 1.44. The lowest BCUT2D eigenvalue weighted by Crippen LogP contribution is -2.08. The predicted octanol–water partition coefficient (Wildman–Crippen LogP) is 3.47. The average Bonchev–Trinajstić information content (AvgIpc) is 2.56. The molecule has 2 rings (SSSR count). The maximum atomic E-state index is 12.7. The van der Waals surface area contributed by atoms with Crippen molar-refractivity contribution < 1.29 is 23.1 Å². The van der Waals surface area contributed by atoms with Crippen LogP contribution in [-0.4, -0.2) is 20.5 Å². The molecule has 2 aromatic rings. The Morgan fingerprint density at radius 1 is 1.44 bits per heavy atom. The average molecular weight is 343 g/mol. The molecule has 2 heterocycles. The number of nitrogens with zero attached hydrogens (tertiary/aromatic N) is 2. The summed E-state index contributed by atoms with van der Waals surface area (Å²) in [4.78, 5) is 14.2. The van der Waals surface area contributed by atoms with E-state index in [9.17, 15) is 18.0 Å². The van der Waals surface area contributed by atoms with Gasteiger partial charge in [-0.1, -0.05) is 11.6 Å². The van der Waals surface area contributed by atoms with Crippen LogP contribution in [0.4, 0.5) is 13.2 Å². The standard InChI is InChI=1S/C9H3BrClF3N2O2/c10-4-2-1-3(9(12,13)14)7-15-5(8(17)18)6(11)16(4)7/h1-2H,(H,17,18). The molecule has 0 atom stereocenters. The summed E-state index contributed by atoms with van der Waals surface area (Å²) in [7, 11) is 0. The number of hydrogen-bond donors (Lipinski definition) is 1. The summed E-state index contributed by atoms with van der Waals surface area (Å²) < 4.78 is 39.3. The number of pyridine rings is 1. The van der Waals surface area contributed by atoms with Crippen molar-refractivity contribution in [3.8, 4) is 0 Å². The van der Waals surface area contributed by atoms with Gasteiger partial charge in [0.2, 0.25) is 0 Å². The molecule has 4 nitrogen and oxygen atoms in total. The van der Waals surface area contributed by atoms with E-state index in [4.69, 9.17) is 16.7 Å². The molecule has 0 amide bonds. The van der Waals surface area contributed by atoms with Crippen molar-refractivity contribution in [1.29, 1.82) is 0 Å². The van der Waals surface area contributed by atoms with E-state index in [1.807, 2.05) is 0 Å². The summed E-state index contributed by atoms with van der Waals surface area (Å²) in [5.74, 6) is -1.50. The summed E-state index contributed by atoms with van der Waals surface area (Å²) in [6.07, 6.45) is -4.65. The first-order valence-electron chi connectivity index (χ1n) is 4.40. The highest BCUT2D eigenvalue weighted by Crippen LogP contribution is 2.35. The second-order valence-corrected chi connectivity index (χ2v) is 4.45. The number of hydrogen-bond acceptors (Lipinski definition) is 2. The molecule has 2 aromatic heterocycles. The van der Waals surface area contributed by atoms with Crippen LogP contribution in [0.2, 0.25) is 5.15 Å². The van der Waals surface area contributed by atoms with Gasteiger partial charge in [0.1, 0.15) is 5.15 Å². The Balaban J connectivity index is 2.91. The molecule has 0 saturated heterocycles. The Morgan fingerprint density at radius 3 is 2.56 bits per heavy atom. The second kappa shape index (κ2) is 4.13. The van der Waals surface area contributed by atoms with Crippen molar-refractivity contribution in [2.75, 3.05) is 0 Å². The summed E-state index contributed by atoms with van der Waals surface area (Å²) in [5, 5.41) is 8.40. The molecule has 0 aliphatic rings. The first kappa shape index (κ1) is 13.2. The van der Waals surface area contributed by atoms with Crippen LogP contribution in [0.5, 0.6) is 0 Å². The molecule has 0 bridgehead atoms. The van der Waals surface area contributed by atoms with Crippen molar-refractivity contribution in [2.24, 2.45) is 0 Å². The predicted molar refractivity (Wildman–Crippen MR) is 59.9 cm³/mol. The number of carboxylic acid groups (broad SMARTS) is 1. The van der Waals surface area contributed by atoms with Gasteiger partial charge in [0.15, 0.2) is 11.3 Å². The summed E-state index contributed by atoms with van der Waals surface area (Å²) in [6, 6.07) is 1.92.